The van der Waals surface area contributed by atoms with Crippen molar-refractivity contribution in [2.24, 2.45) is 0 Å². The second-order valence-electron chi connectivity index (χ2n) is 2.85. The molecule has 0 N–H and O–H groups in total. The third kappa shape index (κ3) is 2.27. The molecule has 0 bridgehead atoms. The molecule has 1 fully saturated rings. The van der Waals surface area contributed by atoms with Crippen molar-refractivity contribution in [3.05, 3.63) is 0 Å². The summed E-state index contributed by atoms with van der Waals surface area (Å²) in [5, 5.41) is 0. The summed E-state index contributed by atoms with van der Waals surface area (Å²) in [7, 11) is 0. The molecule has 1 aliphatic rings. The molecule has 10 heavy (non-hydrogen) atoms. The Morgan fingerprint density at radius 1 is 1.50 bits per heavy atom. The summed E-state index contributed by atoms with van der Waals surface area (Å²) in [6.07, 6.45) is 3.88. The van der Waals surface area contributed by atoms with Gasteiger partial charge in [-0.25, -0.2) is 0 Å². The molecular weight excluding hydrogens is 128 g/mol. The van der Waals surface area contributed by atoms with Gasteiger partial charge in [-0.1, -0.05) is 13.3 Å². The normalized spacial score (nSPS) is 33.0. The van der Waals surface area contributed by atoms with Crippen LogP contribution in [0.1, 0.15) is 33.1 Å². The average molecular weight is 144 g/mol. The van der Waals surface area contributed by atoms with Crippen molar-refractivity contribution in [2.45, 2.75) is 45.5 Å². The fourth-order valence-corrected chi connectivity index (χ4v) is 1.10. The molecule has 0 saturated carbocycles. The largest absolute Gasteiger partial charge is 0.350 e. The van der Waals surface area contributed by atoms with Gasteiger partial charge in [0.2, 0.25) is 0 Å². The molecule has 2 heteroatoms. The number of rotatable bonds is 3. The van der Waals surface area contributed by atoms with E-state index in [-0.39, 0.29) is 6.29 Å². The Labute approximate surface area is 62.5 Å². The fraction of sp³-hybridized carbons (Fsp3) is 1.00. The van der Waals surface area contributed by atoms with Crippen molar-refractivity contribution in [3.8, 4) is 0 Å². The lowest BCUT2D eigenvalue weighted by Crippen LogP contribution is -2.08. The molecule has 1 heterocycles. The zero-order valence-corrected chi connectivity index (χ0v) is 6.80. The second-order valence-corrected chi connectivity index (χ2v) is 2.85. The van der Waals surface area contributed by atoms with Crippen LogP contribution in [-0.2, 0) is 9.47 Å². The van der Waals surface area contributed by atoms with Crippen LogP contribution < -0.4 is 0 Å². The second kappa shape index (κ2) is 3.94. The molecule has 2 atom stereocenters. The molecule has 0 aromatic heterocycles. The van der Waals surface area contributed by atoms with Crippen LogP contribution in [0.25, 0.3) is 0 Å². The van der Waals surface area contributed by atoms with Gasteiger partial charge < -0.3 is 9.47 Å². The average Bonchev–Trinajstić information content (AvgIpc) is 2.31. The van der Waals surface area contributed by atoms with E-state index >= 15 is 0 Å². The van der Waals surface area contributed by atoms with Gasteiger partial charge in [-0.15, -0.1) is 0 Å². The zero-order chi connectivity index (χ0) is 7.40. The number of hydrogen-bond donors (Lipinski definition) is 0. The summed E-state index contributed by atoms with van der Waals surface area (Å²) in [5.74, 6) is 0. The summed E-state index contributed by atoms with van der Waals surface area (Å²) in [4.78, 5) is 0. The monoisotopic (exact) mass is 144 g/mol. The lowest BCUT2D eigenvalue weighted by molar-refractivity contribution is -0.0601. The molecule has 2 nitrogen and oxygen atoms in total. The van der Waals surface area contributed by atoms with E-state index in [0.29, 0.717) is 6.10 Å². The highest BCUT2D eigenvalue weighted by atomic mass is 16.7. The quantitative estimate of drug-likeness (QED) is 0.602. The molecule has 0 aliphatic carbocycles. The Balaban J connectivity index is 2.06. The fourth-order valence-electron chi connectivity index (χ4n) is 1.10. The Bertz CT molecular complexity index is 93.3. The minimum atomic E-state index is 0.0925. The third-order valence-electron chi connectivity index (χ3n) is 1.69. The van der Waals surface area contributed by atoms with Gasteiger partial charge in [0.1, 0.15) is 0 Å². The Morgan fingerprint density at radius 2 is 2.30 bits per heavy atom. The van der Waals surface area contributed by atoms with Crippen LogP contribution in [0.4, 0.5) is 0 Å². The summed E-state index contributed by atoms with van der Waals surface area (Å²) >= 11 is 0. The van der Waals surface area contributed by atoms with Crippen molar-refractivity contribution in [1.82, 2.24) is 0 Å². The minimum absolute atomic E-state index is 0.0925. The molecule has 0 amide bonds. The van der Waals surface area contributed by atoms with E-state index in [1.165, 1.54) is 12.8 Å². The minimum Gasteiger partial charge on any atom is -0.350 e. The summed E-state index contributed by atoms with van der Waals surface area (Å²) in [6.45, 7) is 5.00. The third-order valence-corrected chi connectivity index (χ3v) is 1.69. The highest BCUT2D eigenvalue weighted by Crippen LogP contribution is 2.15. The number of unbranched alkanes of at least 4 members (excludes halogenated alkanes) is 1. The van der Waals surface area contributed by atoms with E-state index in [0.717, 1.165) is 13.0 Å². The van der Waals surface area contributed by atoms with Gasteiger partial charge in [0.15, 0.2) is 6.29 Å². The van der Waals surface area contributed by atoms with Crippen molar-refractivity contribution in [2.75, 3.05) is 6.61 Å². The van der Waals surface area contributed by atoms with Crippen molar-refractivity contribution < 1.29 is 9.47 Å². The van der Waals surface area contributed by atoms with Gasteiger partial charge in [0.25, 0.3) is 0 Å². The number of hydrogen-bond acceptors (Lipinski definition) is 2. The van der Waals surface area contributed by atoms with Gasteiger partial charge in [-0.2, -0.15) is 0 Å². The molecule has 0 unspecified atom stereocenters. The van der Waals surface area contributed by atoms with Gasteiger partial charge in [0, 0.05) is 0 Å². The molecular formula is C8H16O2. The predicted molar refractivity (Wildman–Crippen MR) is 39.8 cm³/mol. The Hall–Kier alpha value is -0.0800. The molecule has 0 aromatic rings. The molecule has 0 aromatic carbocycles. The van der Waals surface area contributed by atoms with E-state index in [2.05, 4.69) is 6.92 Å². The SMILES string of the molecule is CCCC[C@@H]1OC[C@H](C)O1. The van der Waals surface area contributed by atoms with Crippen LogP contribution in [0.15, 0.2) is 0 Å². The van der Waals surface area contributed by atoms with Gasteiger partial charge in [0.05, 0.1) is 12.7 Å². The van der Waals surface area contributed by atoms with Gasteiger partial charge in [-0.05, 0) is 19.8 Å². The van der Waals surface area contributed by atoms with Crippen LogP contribution in [0.2, 0.25) is 0 Å². The summed E-state index contributed by atoms with van der Waals surface area (Å²) in [5.41, 5.74) is 0. The van der Waals surface area contributed by atoms with Crippen LogP contribution in [0.5, 0.6) is 0 Å². The van der Waals surface area contributed by atoms with E-state index < -0.39 is 0 Å². The first kappa shape index (κ1) is 8.02. The van der Waals surface area contributed by atoms with Crippen LogP contribution in [-0.4, -0.2) is 19.0 Å². The summed E-state index contributed by atoms with van der Waals surface area (Å²) in [6, 6.07) is 0. The van der Waals surface area contributed by atoms with E-state index in [1.54, 1.807) is 0 Å². The van der Waals surface area contributed by atoms with E-state index in [4.69, 9.17) is 9.47 Å². The van der Waals surface area contributed by atoms with Gasteiger partial charge in [-0.3, -0.25) is 0 Å². The van der Waals surface area contributed by atoms with Gasteiger partial charge >= 0.3 is 0 Å². The molecule has 60 valence electrons. The predicted octanol–water partition coefficient (Wildman–Crippen LogP) is 1.94. The first-order valence-electron chi connectivity index (χ1n) is 4.10. The lowest BCUT2D eigenvalue weighted by atomic mass is 10.2. The first-order valence-corrected chi connectivity index (χ1v) is 4.10. The topological polar surface area (TPSA) is 18.5 Å². The summed E-state index contributed by atoms with van der Waals surface area (Å²) < 4.78 is 10.8. The molecule has 0 spiro atoms. The highest BCUT2D eigenvalue weighted by Gasteiger charge is 2.20. The highest BCUT2D eigenvalue weighted by molar-refractivity contribution is 4.59. The molecule has 1 rings (SSSR count). The van der Waals surface area contributed by atoms with Crippen molar-refractivity contribution >= 4 is 0 Å². The standard InChI is InChI=1S/C8H16O2/c1-3-4-5-8-9-6-7(2)10-8/h7-8H,3-6H2,1-2H3/t7-,8+/m0/s1. The van der Waals surface area contributed by atoms with Crippen molar-refractivity contribution in [1.29, 1.82) is 0 Å². The van der Waals surface area contributed by atoms with Crippen LogP contribution in [0.3, 0.4) is 0 Å². The van der Waals surface area contributed by atoms with Crippen molar-refractivity contribution in [3.63, 3.8) is 0 Å². The molecule has 1 saturated heterocycles. The lowest BCUT2D eigenvalue weighted by Gasteiger charge is -2.07. The maximum atomic E-state index is 5.44. The maximum absolute atomic E-state index is 5.44. The van der Waals surface area contributed by atoms with E-state index in [1.807, 2.05) is 6.92 Å². The maximum Gasteiger partial charge on any atom is 0.158 e. The molecule has 1 aliphatic heterocycles. The Kier molecular flexibility index (Phi) is 3.16. The first-order chi connectivity index (χ1) is 4.83. The van der Waals surface area contributed by atoms with Crippen LogP contribution in [0, 0.1) is 0 Å². The van der Waals surface area contributed by atoms with E-state index in [9.17, 15) is 0 Å². The smallest absolute Gasteiger partial charge is 0.158 e. The zero-order valence-electron chi connectivity index (χ0n) is 6.80. The Morgan fingerprint density at radius 3 is 2.80 bits per heavy atom. The van der Waals surface area contributed by atoms with Crippen LogP contribution >= 0.6 is 0 Å². The number of ether oxygens (including phenoxy) is 2. The molecule has 0 radical (unpaired) electrons.